The first-order valence-electron chi connectivity index (χ1n) is 14.4. The molecule has 220 valence electrons. The van der Waals surface area contributed by atoms with Crippen molar-refractivity contribution in [1.82, 2.24) is 15.0 Å². The van der Waals surface area contributed by atoms with E-state index in [9.17, 15) is 19.2 Å². The summed E-state index contributed by atoms with van der Waals surface area (Å²) >= 11 is 0. The SMILES string of the molecule is COc1ccccc1C(=O)N1CCN(CCCCCCC2=C(C)C(=O)N(c3ccc4c(=O)onc(C)c4c3)C2=O)CC1. The number of aromatic nitrogens is 1. The number of aryl methyl sites for hydroxylation is 1. The molecule has 3 aromatic rings. The maximum Gasteiger partial charge on any atom is 0.366 e. The highest BCUT2D eigenvalue weighted by Crippen LogP contribution is 2.31. The van der Waals surface area contributed by atoms with Crippen molar-refractivity contribution in [3.8, 4) is 5.75 Å². The van der Waals surface area contributed by atoms with E-state index in [1.165, 1.54) is 4.90 Å². The summed E-state index contributed by atoms with van der Waals surface area (Å²) in [5, 5.41) is 4.67. The summed E-state index contributed by atoms with van der Waals surface area (Å²) in [6.07, 6.45) is 4.39. The van der Waals surface area contributed by atoms with Crippen molar-refractivity contribution >= 4 is 34.2 Å². The molecule has 0 N–H and O–H groups in total. The molecule has 0 unspecified atom stereocenters. The molecule has 2 aromatic carbocycles. The summed E-state index contributed by atoms with van der Waals surface area (Å²) < 4.78 is 10.1. The Hall–Kier alpha value is -4.31. The van der Waals surface area contributed by atoms with Crippen molar-refractivity contribution in [3.63, 3.8) is 0 Å². The summed E-state index contributed by atoms with van der Waals surface area (Å²) in [6, 6.07) is 12.1. The van der Waals surface area contributed by atoms with Crippen molar-refractivity contribution in [2.45, 2.75) is 46.0 Å². The lowest BCUT2D eigenvalue weighted by Crippen LogP contribution is -2.48. The van der Waals surface area contributed by atoms with Gasteiger partial charge in [-0.05, 0) is 70.0 Å². The van der Waals surface area contributed by atoms with Gasteiger partial charge in [0, 0.05) is 42.7 Å². The molecule has 5 rings (SSSR count). The quantitative estimate of drug-likeness (QED) is 0.264. The molecule has 1 aromatic heterocycles. The first-order chi connectivity index (χ1) is 20.3. The molecule has 0 aliphatic carbocycles. The van der Waals surface area contributed by atoms with Crippen LogP contribution in [0.4, 0.5) is 5.69 Å². The van der Waals surface area contributed by atoms with Crippen LogP contribution >= 0.6 is 0 Å². The van der Waals surface area contributed by atoms with Crippen LogP contribution in [0.1, 0.15) is 55.1 Å². The Labute approximate surface area is 244 Å². The maximum absolute atomic E-state index is 13.3. The van der Waals surface area contributed by atoms with Gasteiger partial charge in [0.05, 0.1) is 29.4 Å². The highest BCUT2D eigenvalue weighted by molar-refractivity contribution is 6.32. The second-order valence-electron chi connectivity index (χ2n) is 10.8. The molecule has 1 saturated heterocycles. The number of anilines is 1. The Morgan fingerprint density at radius 2 is 1.64 bits per heavy atom. The lowest BCUT2D eigenvalue weighted by molar-refractivity contribution is -0.120. The number of imide groups is 1. The molecule has 3 heterocycles. The fraction of sp³-hybridized carbons (Fsp3) is 0.406. The predicted molar refractivity (Wildman–Crippen MR) is 159 cm³/mol. The van der Waals surface area contributed by atoms with Crippen LogP contribution in [0.2, 0.25) is 0 Å². The monoisotopic (exact) mass is 572 g/mol. The van der Waals surface area contributed by atoms with E-state index in [0.717, 1.165) is 45.3 Å². The van der Waals surface area contributed by atoms with E-state index in [1.807, 2.05) is 23.1 Å². The van der Waals surface area contributed by atoms with E-state index in [-0.39, 0.29) is 17.7 Å². The topological polar surface area (TPSA) is 113 Å². The number of nitrogens with zero attached hydrogens (tertiary/aromatic N) is 4. The number of rotatable bonds is 10. The van der Waals surface area contributed by atoms with E-state index in [0.29, 0.717) is 64.1 Å². The van der Waals surface area contributed by atoms with Crippen LogP contribution in [-0.4, -0.2) is 72.5 Å². The number of piperazine rings is 1. The van der Waals surface area contributed by atoms with Crippen molar-refractivity contribution in [3.05, 3.63) is 75.3 Å². The summed E-state index contributed by atoms with van der Waals surface area (Å²) in [5.41, 5.74) is 2.01. The molecule has 10 heteroatoms. The predicted octanol–water partition coefficient (Wildman–Crippen LogP) is 4.10. The molecule has 0 atom stereocenters. The third-order valence-corrected chi connectivity index (χ3v) is 8.22. The van der Waals surface area contributed by atoms with Gasteiger partial charge in [-0.2, -0.15) is 0 Å². The lowest BCUT2D eigenvalue weighted by atomic mass is 10.0. The number of fused-ring (bicyclic) bond motifs is 1. The summed E-state index contributed by atoms with van der Waals surface area (Å²) in [6.45, 7) is 7.45. The van der Waals surface area contributed by atoms with Crippen LogP contribution in [0, 0.1) is 6.92 Å². The Morgan fingerprint density at radius 3 is 2.40 bits per heavy atom. The summed E-state index contributed by atoms with van der Waals surface area (Å²) in [4.78, 5) is 56.7. The first kappa shape index (κ1) is 29.2. The zero-order chi connectivity index (χ0) is 29.8. The molecular formula is C32H36N4O6. The molecule has 2 aliphatic rings. The number of carbonyl (C=O) groups is 3. The van der Waals surface area contributed by atoms with Gasteiger partial charge in [-0.3, -0.25) is 19.3 Å². The minimum absolute atomic E-state index is 0.00971. The molecule has 42 heavy (non-hydrogen) atoms. The Balaban J connectivity index is 1.06. The van der Waals surface area contributed by atoms with Gasteiger partial charge in [0.15, 0.2) is 0 Å². The molecule has 0 radical (unpaired) electrons. The van der Waals surface area contributed by atoms with Gasteiger partial charge in [0.2, 0.25) is 0 Å². The van der Waals surface area contributed by atoms with Crippen molar-refractivity contribution in [2.75, 3.05) is 44.7 Å². The molecule has 10 nitrogen and oxygen atoms in total. The van der Waals surface area contributed by atoms with Crippen LogP contribution in [0.3, 0.4) is 0 Å². The maximum atomic E-state index is 13.3. The Morgan fingerprint density at radius 1 is 0.905 bits per heavy atom. The average molecular weight is 573 g/mol. The van der Waals surface area contributed by atoms with Gasteiger partial charge in [-0.15, -0.1) is 0 Å². The molecule has 1 fully saturated rings. The van der Waals surface area contributed by atoms with Crippen molar-refractivity contribution < 1.29 is 23.6 Å². The van der Waals surface area contributed by atoms with Crippen LogP contribution in [-0.2, 0) is 9.59 Å². The average Bonchev–Trinajstić information content (AvgIpc) is 3.23. The molecule has 0 saturated carbocycles. The zero-order valence-electron chi connectivity index (χ0n) is 24.4. The number of hydrogen-bond acceptors (Lipinski definition) is 8. The van der Waals surface area contributed by atoms with Crippen LogP contribution in [0.15, 0.2) is 62.9 Å². The number of amides is 3. The second kappa shape index (κ2) is 12.7. The summed E-state index contributed by atoms with van der Waals surface area (Å²) in [5.74, 6) is -0.0168. The van der Waals surface area contributed by atoms with E-state index in [1.54, 1.807) is 45.2 Å². The van der Waals surface area contributed by atoms with Crippen LogP contribution < -0.4 is 15.3 Å². The number of carbonyl (C=O) groups excluding carboxylic acids is 3. The van der Waals surface area contributed by atoms with Gasteiger partial charge in [-0.1, -0.05) is 30.1 Å². The number of benzene rings is 2. The van der Waals surface area contributed by atoms with E-state index < -0.39 is 5.63 Å². The molecule has 0 spiro atoms. The third kappa shape index (κ3) is 5.85. The Bertz CT molecular complexity index is 1600. The van der Waals surface area contributed by atoms with Gasteiger partial charge in [0.25, 0.3) is 17.7 Å². The van der Waals surface area contributed by atoms with Gasteiger partial charge >= 0.3 is 5.63 Å². The van der Waals surface area contributed by atoms with Gasteiger partial charge in [0.1, 0.15) is 5.75 Å². The van der Waals surface area contributed by atoms with E-state index in [2.05, 4.69) is 10.1 Å². The highest BCUT2D eigenvalue weighted by atomic mass is 16.5. The number of para-hydroxylation sites is 1. The smallest absolute Gasteiger partial charge is 0.366 e. The van der Waals surface area contributed by atoms with E-state index in [4.69, 9.17) is 9.26 Å². The van der Waals surface area contributed by atoms with E-state index >= 15 is 0 Å². The standard InChI is InChI=1S/C32H36N4O6/c1-21-24(31(39)36(29(21)37)23-13-14-25-27(20-23)22(2)33-42-32(25)40)10-6-4-5-9-15-34-16-18-35(19-17-34)30(38)26-11-7-8-12-28(26)41-3/h7-8,11-14,20H,4-6,9-10,15-19H2,1-3H3. The van der Waals surface area contributed by atoms with Crippen molar-refractivity contribution in [2.24, 2.45) is 0 Å². The molecular weight excluding hydrogens is 536 g/mol. The van der Waals surface area contributed by atoms with Gasteiger partial charge < -0.3 is 14.2 Å². The number of unbranched alkanes of at least 4 members (excludes halogenated alkanes) is 3. The zero-order valence-corrected chi connectivity index (χ0v) is 24.4. The highest BCUT2D eigenvalue weighted by Gasteiger charge is 2.36. The fourth-order valence-corrected chi connectivity index (χ4v) is 5.73. The van der Waals surface area contributed by atoms with Crippen LogP contribution in [0.5, 0.6) is 5.75 Å². The minimum Gasteiger partial charge on any atom is -0.496 e. The lowest BCUT2D eigenvalue weighted by Gasteiger charge is -2.35. The normalized spacial score (nSPS) is 16.2. The molecule has 3 amide bonds. The number of ether oxygens (including phenoxy) is 1. The van der Waals surface area contributed by atoms with Gasteiger partial charge in [-0.25, -0.2) is 9.69 Å². The largest absolute Gasteiger partial charge is 0.496 e. The Kier molecular flexibility index (Phi) is 8.82. The molecule has 0 bridgehead atoms. The minimum atomic E-state index is -0.558. The fourth-order valence-electron chi connectivity index (χ4n) is 5.73. The number of hydrogen-bond donors (Lipinski definition) is 0. The molecule has 2 aliphatic heterocycles. The summed E-state index contributed by atoms with van der Waals surface area (Å²) in [7, 11) is 1.58. The second-order valence-corrected chi connectivity index (χ2v) is 10.8. The first-order valence-corrected chi connectivity index (χ1v) is 14.4. The number of methoxy groups -OCH3 is 1. The van der Waals surface area contributed by atoms with Crippen LogP contribution in [0.25, 0.3) is 10.8 Å². The third-order valence-electron chi connectivity index (χ3n) is 8.22. The van der Waals surface area contributed by atoms with Crippen molar-refractivity contribution in [1.29, 1.82) is 0 Å².